The Bertz CT molecular complexity index is 2880. The Balaban J connectivity index is 0.00000320. The summed E-state index contributed by atoms with van der Waals surface area (Å²) in [6.45, 7) is 0. The summed E-state index contributed by atoms with van der Waals surface area (Å²) < 4.78 is 107. The minimum absolute atomic E-state index is 0. The molecule has 0 heterocycles. The molecule has 60 heavy (non-hydrogen) atoms. The van der Waals surface area contributed by atoms with Gasteiger partial charge in [0.25, 0.3) is 11.8 Å². The van der Waals surface area contributed by atoms with Crippen molar-refractivity contribution in [2.45, 2.75) is 9.79 Å². The Morgan fingerprint density at radius 3 is 1.58 bits per heavy atom. The number of azo groups is 1. The summed E-state index contributed by atoms with van der Waals surface area (Å²) in [7, 11) is -15.3. The van der Waals surface area contributed by atoms with Crippen LogP contribution < -0.4 is 105 Å². The van der Waals surface area contributed by atoms with Crippen LogP contribution in [0.5, 0.6) is 0 Å². The number of amides is 2. The van der Waals surface area contributed by atoms with Gasteiger partial charge < -0.3 is 24.3 Å². The molecule has 0 saturated heterocycles. The van der Waals surface area contributed by atoms with Gasteiger partial charge in [-0.3, -0.25) is 19.8 Å². The van der Waals surface area contributed by atoms with Gasteiger partial charge in [0.05, 0.1) is 43.0 Å². The maximum absolute atomic E-state index is 13.2. The largest absolute Gasteiger partial charge is 1.00 e. The van der Waals surface area contributed by atoms with Crippen molar-refractivity contribution < 1.29 is 142 Å². The van der Waals surface area contributed by atoms with Crippen molar-refractivity contribution in [2.24, 2.45) is 15.3 Å². The van der Waals surface area contributed by atoms with Gasteiger partial charge in [-0.15, -0.1) is 0 Å². The fraction of sp³-hybridized carbons (Fsp3) is 0. The number of benzene rings is 5. The number of nitrogens with zero attached hydrogens (tertiary/aromatic N) is 3. The summed E-state index contributed by atoms with van der Waals surface area (Å²) in [5, 5.41) is 17.0. The van der Waals surface area contributed by atoms with E-state index in [1.807, 2.05) is 0 Å². The fourth-order valence-corrected chi connectivity index (χ4v) is 6.86. The molecule has 290 valence electrons. The Labute approximate surface area is 409 Å². The normalized spacial score (nSPS) is 13.2. The van der Waals surface area contributed by atoms with Gasteiger partial charge in [-0.25, -0.2) is 25.3 Å². The Morgan fingerprint density at radius 2 is 1.05 bits per heavy atom. The predicted octanol–water partition coefficient (Wildman–Crippen LogP) is -4.13. The third-order valence-corrected chi connectivity index (χ3v) is 10.4. The van der Waals surface area contributed by atoms with E-state index in [4.69, 9.17) is 0 Å². The summed E-state index contributed by atoms with van der Waals surface area (Å²) in [5.74, 6) is -2.45. The number of hydrazone groups is 1. The van der Waals surface area contributed by atoms with Gasteiger partial charge in [0.1, 0.15) is 36.1 Å². The number of hydrogen-bond donors (Lipinski definition) is 3. The zero-order valence-electron chi connectivity index (χ0n) is 31.5. The van der Waals surface area contributed by atoms with E-state index < -0.39 is 85.2 Å². The van der Waals surface area contributed by atoms with Crippen molar-refractivity contribution in [1.82, 2.24) is 0 Å². The van der Waals surface area contributed by atoms with Gasteiger partial charge in [-0.2, -0.15) is 15.3 Å². The van der Waals surface area contributed by atoms with Crippen LogP contribution in [-0.4, -0.2) is 62.2 Å². The molecule has 0 radical (unpaired) electrons. The minimum atomic E-state index is -5.44. The topological polar surface area (TPSA) is 296 Å². The number of fused-ring (bicyclic) bond motifs is 1. The number of rotatable bonds is 11. The smallest absolute Gasteiger partial charge is 0.744 e. The molecular weight excluding hydrogens is 874 g/mol. The molecule has 6 rings (SSSR count). The van der Waals surface area contributed by atoms with Crippen LogP contribution in [0.1, 0.15) is 36.6 Å². The molecule has 0 atom stereocenters. The van der Waals surface area contributed by atoms with Gasteiger partial charge in [-0.05, 0) is 97.1 Å². The third-order valence-electron chi connectivity index (χ3n) is 7.93. The van der Waals surface area contributed by atoms with E-state index in [1.165, 1.54) is 72.8 Å². The maximum atomic E-state index is 13.2. The molecule has 2 amide bonds. The Kier molecular flexibility index (Phi) is 17.6. The molecule has 0 aromatic heterocycles. The van der Waals surface area contributed by atoms with Crippen LogP contribution in [0.3, 0.4) is 0 Å². The molecule has 5 aromatic carbocycles. The molecule has 5 aromatic rings. The first-order chi connectivity index (χ1) is 26.9. The van der Waals surface area contributed by atoms with Gasteiger partial charge in [0.2, 0.25) is 0 Å². The van der Waals surface area contributed by atoms with E-state index >= 15 is 0 Å². The van der Waals surface area contributed by atoms with Gasteiger partial charge in [-0.1, -0.05) is 18.2 Å². The summed E-state index contributed by atoms with van der Waals surface area (Å²) in [6, 6.07) is 25.4. The molecule has 0 saturated carbocycles. The third kappa shape index (κ3) is 12.7. The van der Waals surface area contributed by atoms with Gasteiger partial charge in [0, 0.05) is 28.5 Å². The summed E-state index contributed by atoms with van der Waals surface area (Å²) in [5.41, 5.74) is 1.72. The second kappa shape index (κ2) is 20.9. The molecule has 3 N–H and O–H groups in total. The molecule has 0 unspecified atom stereocenters. The zero-order valence-corrected chi connectivity index (χ0v) is 40.0. The summed E-state index contributed by atoms with van der Waals surface area (Å²) >= 11 is 0. The van der Waals surface area contributed by atoms with E-state index in [-0.39, 0.29) is 111 Å². The summed E-state index contributed by atoms with van der Waals surface area (Å²) in [4.78, 5) is 36.6. The second-order valence-corrected chi connectivity index (χ2v) is 15.9. The van der Waals surface area contributed by atoms with E-state index in [1.54, 1.807) is 18.2 Å². The van der Waals surface area contributed by atoms with E-state index in [0.717, 1.165) is 18.2 Å². The van der Waals surface area contributed by atoms with Gasteiger partial charge in [0.15, 0.2) is 5.78 Å². The van der Waals surface area contributed by atoms with Crippen LogP contribution in [0.4, 0.5) is 28.4 Å². The van der Waals surface area contributed by atoms with Crippen LogP contribution >= 0.6 is 0 Å². The first-order valence-corrected chi connectivity index (χ1v) is 20.2. The SMILES string of the molecule is O=C(Nc1ccc(N=Nc2ccc(S(=O)(=O)[O-])cc2)cc1)c1ccc(N/N=C2/C(S(=O)(=O)[O-])=CC(=O)c3c(NC(=O)c4ccccc4)cc(S(=O)(=O)[O-])cc32)cc1.[Na+].[Na+].[Na+]. The fourth-order valence-electron chi connectivity index (χ4n) is 5.22. The van der Waals surface area contributed by atoms with Crippen LogP contribution in [0, 0.1) is 0 Å². The molecule has 0 bridgehead atoms. The number of hydrogen-bond acceptors (Lipinski definition) is 16. The molecular formula is C36H23N6Na3O12S3. The zero-order chi connectivity index (χ0) is 41.1. The summed E-state index contributed by atoms with van der Waals surface area (Å²) in [6.07, 6.45) is 0.462. The predicted molar refractivity (Wildman–Crippen MR) is 200 cm³/mol. The average molecular weight is 897 g/mol. The van der Waals surface area contributed by atoms with Crippen LogP contribution in [0.2, 0.25) is 0 Å². The molecule has 24 heteroatoms. The Morgan fingerprint density at radius 1 is 0.550 bits per heavy atom. The van der Waals surface area contributed by atoms with Crippen molar-refractivity contribution >= 4 is 82.1 Å². The molecule has 0 aliphatic heterocycles. The van der Waals surface area contributed by atoms with E-state index in [2.05, 4.69) is 31.4 Å². The van der Waals surface area contributed by atoms with Crippen molar-refractivity contribution in [3.8, 4) is 0 Å². The monoisotopic (exact) mass is 896 g/mol. The van der Waals surface area contributed by atoms with Crippen LogP contribution in [-0.2, 0) is 30.4 Å². The maximum Gasteiger partial charge on any atom is 1.00 e. The average Bonchev–Trinajstić information content (AvgIpc) is 3.16. The van der Waals surface area contributed by atoms with Crippen molar-refractivity contribution in [3.05, 3.63) is 148 Å². The van der Waals surface area contributed by atoms with E-state index in [9.17, 15) is 53.3 Å². The molecule has 0 fully saturated rings. The number of carbonyl (C=O) groups is 3. The number of nitrogens with one attached hydrogen (secondary N) is 3. The first kappa shape index (κ1) is 50.6. The van der Waals surface area contributed by atoms with Crippen LogP contribution in [0.15, 0.2) is 151 Å². The van der Waals surface area contributed by atoms with E-state index in [0.29, 0.717) is 23.5 Å². The van der Waals surface area contributed by atoms with Crippen molar-refractivity contribution in [3.63, 3.8) is 0 Å². The van der Waals surface area contributed by atoms with Crippen molar-refractivity contribution in [1.29, 1.82) is 0 Å². The van der Waals surface area contributed by atoms with Crippen LogP contribution in [0.25, 0.3) is 0 Å². The molecule has 1 aliphatic rings. The number of allylic oxidation sites excluding steroid dienone is 2. The molecule has 18 nitrogen and oxygen atoms in total. The molecule has 0 spiro atoms. The second-order valence-electron chi connectivity index (χ2n) is 11.8. The standard InChI is InChI=1S/C36H26N6O12S3.3Na/c43-31-20-32(57(52,53)54)34(29-18-28(56(49,50)51)19-30(33(29)31)38-36(45)21-4-2-1-3-5-21)42-41-24-8-6-22(7-9-24)35(44)37-23-10-12-25(13-11-23)39-40-26-14-16-27(17-15-26)55(46,47)48;;;/h1-20,41H,(H,37,44)(H,38,45)(H,46,47,48)(H,49,50,51)(H,52,53,54);;;/q;3*+1/p-3/b40-39?,42-34+;;;. The Hall–Kier alpha value is -3.75. The molecule has 1 aliphatic carbocycles. The van der Waals surface area contributed by atoms with Crippen molar-refractivity contribution in [2.75, 3.05) is 16.1 Å². The quantitative estimate of drug-likeness (QED) is 0.0492. The van der Waals surface area contributed by atoms with Gasteiger partial charge >= 0.3 is 88.7 Å². The minimum Gasteiger partial charge on any atom is -0.744 e. The number of anilines is 3. The number of carbonyl (C=O) groups excluding carboxylic acids is 3. The first-order valence-electron chi connectivity index (χ1n) is 15.9. The number of ketones is 1.